The summed E-state index contributed by atoms with van der Waals surface area (Å²) in [5.74, 6) is 0.720. The molecule has 1 heterocycles. The van der Waals surface area contributed by atoms with Gasteiger partial charge in [0.2, 0.25) is 0 Å². The molecule has 1 amide bonds. The highest BCUT2D eigenvalue weighted by atomic mass is 35.5. The topological polar surface area (TPSA) is 32.3 Å². The van der Waals surface area contributed by atoms with Crippen molar-refractivity contribution in [2.24, 2.45) is 11.8 Å². The first-order chi connectivity index (χ1) is 9.95. The number of likely N-dealkylation sites (tertiary alicyclic amines) is 1. The number of nitrogens with one attached hydrogen (secondary N) is 1. The van der Waals surface area contributed by atoms with Gasteiger partial charge in [0.05, 0.1) is 10.6 Å². The summed E-state index contributed by atoms with van der Waals surface area (Å²) in [4.78, 5) is 14.4. The van der Waals surface area contributed by atoms with E-state index in [2.05, 4.69) is 24.1 Å². The molecule has 2 rings (SSSR count). The van der Waals surface area contributed by atoms with Crippen LogP contribution >= 0.6 is 11.6 Å². The van der Waals surface area contributed by atoms with Crippen molar-refractivity contribution in [2.75, 3.05) is 26.2 Å². The largest absolute Gasteiger partial charge is 0.351 e. The molecule has 0 aromatic heterocycles. The molecule has 0 aliphatic carbocycles. The normalized spacial score (nSPS) is 23.0. The van der Waals surface area contributed by atoms with E-state index in [1.54, 1.807) is 0 Å². The van der Waals surface area contributed by atoms with Crippen LogP contribution in [0.4, 0.5) is 4.39 Å². The number of rotatable bonds is 4. The number of piperidine rings is 1. The number of nitrogens with zero attached hydrogens (tertiary/aromatic N) is 1. The molecule has 1 aliphatic rings. The summed E-state index contributed by atoms with van der Waals surface area (Å²) in [5, 5.41) is 2.99. The second kappa shape index (κ2) is 7.23. The van der Waals surface area contributed by atoms with Gasteiger partial charge in [-0.15, -0.1) is 0 Å². The van der Waals surface area contributed by atoms with Gasteiger partial charge >= 0.3 is 0 Å². The predicted octanol–water partition coefficient (Wildman–Crippen LogP) is 3.19. The number of hydrogen-bond acceptors (Lipinski definition) is 2. The smallest absolute Gasteiger partial charge is 0.252 e. The van der Waals surface area contributed by atoms with E-state index in [-0.39, 0.29) is 10.9 Å². The van der Waals surface area contributed by atoms with E-state index < -0.39 is 5.82 Å². The van der Waals surface area contributed by atoms with Gasteiger partial charge < -0.3 is 10.2 Å². The Hall–Kier alpha value is -1.13. The average Bonchev–Trinajstić information content (AvgIpc) is 2.37. The van der Waals surface area contributed by atoms with Crippen molar-refractivity contribution >= 4 is 17.5 Å². The zero-order valence-corrected chi connectivity index (χ0v) is 13.3. The van der Waals surface area contributed by atoms with Gasteiger partial charge in [-0.3, -0.25) is 4.79 Å². The van der Waals surface area contributed by atoms with E-state index in [0.717, 1.165) is 25.7 Å². The van der Waals surface area contributed by atoms with Gasteiger partial charge in [0.1, 0.15) is 5.82 Å². The van der Waals surface area contributed by atoms with Crippen LogP contribution in [0.5, 0.6) is 0 Å². The molecular formula is C16H22ClFN2O. The third-order valence-electron chi connectivity index (χ3n) is 3.83. The Bertz CT molecular complexity index is 499. The summed E-state index contributed by atoms with van der Waals surface area (Å²) in [6.45, 7) is 8.10. The Balaban J connectivity index is 1.81. The Morgan fingerprint density at radius 1 is 1.38 bits per heavy atom. The summed E-state index contributed by atoms with van der Waals surface area (Å²) in [5.41, 5.74) is 0.318. The highest BCUT2D eigenvalue weighted by Crippen LogP contribution is 2.20. The molecule has 0 bridgehead atoms. The minimum atomic E-state index is -0.437. The van der Waals surface area contributed by atoms with Gasteiger partial charge in [-0.05, 0) is 36.5 Å². The fourth-order valence-corrected chi connectivity index (χ4v) is 3.32. The standard InChI is InChI=1S/C16H22ClFN2O/c1-11-7-12(2)10-20(9-11)6-5-19-16(21)14-4-3-13(18)8-15(14)17/h3-4,8,11-12H,5-7,9-10H2,1-2H3,(H,19,21)/t11-,12-/m1/s1. The highest BCUT2D eigenvalue weighted by molar-refractivity contribution is 6.33. The fourth-order valence-electron chi connectivity index (χ4n) is 3.07. The minimum absolute atomic E-state index is 0.146. The summed E-state index contributed by atoms with van der Waals surface area (Å²) in [6.07, 6.45) is 1.27. The lowest BCUT2D eigenvalue weighted by molar-refractivity contribution is 0.0937. The highest BCUT2D eigenvalue weighted by Gasteiger charge is 2.21. The lowest BCUT2D eigenvalue weighted by Crippen LogP contribution is -2.42. The average molecular weight is 313 g/mol. The molecule has 1 fully saturated rings. The van der Waals surface area contributed by atoms with Crippen molar-refractivity contribution in [3.8, 4) is 0 Å². The van der Waals surface area contributed by atoms with Crippen molar-refractivity contribution < 1.29 is 9.18 Å². The van der Waals surface area contributed by atoms with E-state index in [4.69, 9.17) is 11.6 Å². The molecule has 0 saturated carbocycles. The SMILES string of the molecule is C[C@@H]1C[C@@H](C)CN(CCNC(=O)c2ccc(F)cc2Cl)C1. The quantitative estimate of drug-likeness (QED) is 0.926. The molecule has 1 aliphatic heterocycles. The van der Waals surface area contributed by atoms with Gasteiger partial charge in [0, 0.05) is 26.2 Å². The number of hydrogen-bond donors (Lipinski definition) is 1. The zero-order chi connectivity index (χ0) is 15.4. The van der Waals surface area contributed by atoms with Crippen LogP contribution in [0.15, 0.2) is 18.2 Å². The molecule has 0 unspecified atom stereocenters. The predicted molar refractivity (Wildman–Crippen MR) is 83.1 cm³/mol. The van der Waals surface area contributed by atoms with Gasteiger partial charge in [-0.1, -0.05) is 25.4 Å². The van der Waals surface area contributed by atoms with E-state index >= 15 is 0 Å². The monoisotopic (exact) mass is 312 g/mol. The third kappa shape index (κ3) is 4.68. The van der Waals surface area contributed by atoms with Crippen molar-refractivity contribution in [3.05, 3.63) is 34.6 Å². The molecule has 1 saturated heterocycles. The second-order valence-electron chi connectivity index (χ2n) is 6.09. The molecule has 5 heteroatoms. The Labute approximate surface area is 130 Å². The first-order valence-corrected chi connectivity index (χ1v) is 7.79. The minimum Gasteiger partial charge on any atom is -0.351 e. The van der Waals surface area contributed by atoms with E-state index in [0.29, 0.717) is 23.9 Å². The summed E-state index contributed by atoms with van der Waals surface area (Å²) >= 11 is 5.88. The van der Waals surface area contributed by atoms with Crippen LogP contribution < -0.4 is 5.32 Å². The molecule has 2 atom stereocenters. The van der Waals surface area contributed by atoms with E-state index in [1.807, 2.05) is 0 Å². The molecule has 116 valence electrons. The molecule has 21 heavy (non-hydrogen) atoms. The molecule has 0 spiro atoms. The van der Waals surface area contributed by atoms with E-state index in [9.17, 15) is 9.18 Å². The van der Waals surface area contributed by atoms with Crippen molar-refractivity contribution in [1.29, 1.82) is 0 Å². The van der Waals surface area contributed by atoms with Crippen LogP contribution in [0.3, 0.4) is 0 Å². The maximum atomic E-state index is 13.0. The Morgan fingerprint density at radius 3 is 2.67 bits per heavy atom. The molecule has 3 nitrogen and oxygen atoms in total. The zero-order valence-electron chi connectivity index (χ0n) is 12.5. The number of carbonyl (C=O) groups is 1. The van der Waals surface area contributed by atoms with Crippen molar-refractivity contribution in [2.45, 2.75) is 20.3 Å². The van der Waals surface area contributed by atoms with Crippen molar-refractivity contribution in [3.63, 3.8) is 0 Å². The third-order valence-corrected chi connectivity index (χ3v) is 4.15. The van der Waals surface area contributed by atoms with Crippen LogP contribution in [0.2, 0.25) is 5.02 Å². The molecule has 1 N–H and O–H groups in total. The molecular weight excluding hydrogens is 291 g/mol. The van der Waals surface area contributed by atoms with Crippen LogP contribution in [0.25, 0.3) is 0 Å². The van der Waals surface area contributed by atoms with Crippen LogP contribution in [-0.4, -0.2) is 37.0 Å². The number of carbonyl (C=O) groups excluding carboxylic acids is 1. The van der Waals surface area contributed by atoms with Gasteiger partial charge in [-0.25, -0.2) is 4.39 Å². The fraction of sp³-hybridized carbons (Fsp3) is 0.562. The molecule has 1 aromatic rings. The maximum absolute atomic E-state index is 13.0. The Morgan fingerprint density at radius 2 is 2.05 bits per heavy atom. The summed E-state index contributed by atoms with van der Waals surface area (Å²) < 4.78 is 13.0. The van der Waals surface area contributed by atoms with Gasteiger partial charge in [-0.2, -0.15) is 0 Å². The number of halogens is 2. The molecule has 1 aromatic carbocycles. The number of amides is 1. The molecule has 0 radical (unpaired) electrons. The first kappa shape index (κ1) is 16.2. The first-order valence-electron chi connectivity index (χ1n) is 7.41. The maximum Gasteiger partial charge on any atom is 0.252 e. The number of benzene rings is 1. The van der Waals surface area contributed by atoms with Crippen molar-refractivity contribution in [1.82, 2.24) is 10.2 Å². The second-order valence-corrected chi connectivity index (χ2v) is 6.49. The Kier molecular flexibility index (Phi) is 5.59. The van der Waals surface area contributed by atoms with Gasteiger partial charge in [0.15, 0.2) is 0 Å². The van der Waals surface area contributed by atoms with E-state index in [1.165, 1.54) is 18.6 Å². The van der Waals surface area contributed by atoms with Gasteiger partial charge in [0.25, 0.3) is 5.91 Å². The summed E-state index contributed by atoms with van der Waals surface area (Å²) in [7, 11) is 0. The van der Waals surface area contributed by atoms with Crippen LogP contribution in [0, 0.1) is 17.7 Å². The summed E-state index contributed by atoms with van der Waals surface area (Å²) in [6, 6.07) is 3.82. The van der Waals surface area contributed by atoms with Crippen LogP contribution in [-0.2, 0) is 0 Å². The lowest BCUT2D eigenvalue weighted by atomic mass is 9.92. The lowest BCUT2D eigenvalue weighted by Gasteiger charge is -2.34. The van der Waals surface area contributed by atoms with Crippen LogP contribution in [0.1, 0.15) is 30.6 Å².